The van der Waals surface area contributed by atoms with Crippen LogP contribution in [0.2, 0.25) is 0 Å². The van der Waals surface area contributed by atoms with Gasteiger partial charge >= 0.3 is 0 Å². The monoisotopic (exact) mass is 224 g/mol. The summed E-state index contributed by atoms with van der Waals surface area (Å²) >= 11 is 0. The van der Waals surface area contributed by atoms with E-state index in [1.807, 2.05) is 0 Å². The summed E-state index contributed by atoms with van der Waals surface area (Å²) in [7, 11) is 0. The lowest BCUT2D eigenvalue weighted by Gasteiger charge is -2.47. The minimum atomic E-state index is -0.410. The highest BCUT2D eigenvalue weighted by atomic mass is 16.3. The molecule has 3 aliphatic rings. The second-order valence-electron chi connectivity index (χ2n) is 5.68. The topological polar surface area (TPSA) is 52.6 Å². The van der Waals surface area contributed by atoms with Crippen molar-refractivity contribution in [3.8, 4) is 0 Å². The van der Waals surface area contributed by atoms with Gasteiger partial charge in [0.1, 0.15) is 0 Å². The van der Waals surface area contributed by atoms with Gasteiger partial charge in [-0.15, -0.1) is 0 Å². The molecule has 0 bridgehead atoms. The Morgan fingerprint density at radius 2 is 2.00 bits per heavy atom. The zero-order valence-corrected chi connectivity index (χ0v) is 9.61. The number of likely N-dealkylation sites (tertiary alicyclic amines) is 1. The Morgan fingerprint density at radius 1 is 1.31 bits per heavy atom. The molecule has 1 heterocycles. The Labute approximate surface area is 96.0 Å². The van der Waals surface area contributed by atoms with Crippen LogP contribution in [0.3, 0.4) is 0 Å². The summed E-state index contributed by atoms with van der Waals surface area (Å²) in [6.07, 6.45) is 5.25. The van der Waals surface area contributed by atoms with E-state index in [1.54, 1.807) is 0 Å². The number of hydrogen-bond donors (Lipinski definition) is 2. The molecule has 0 aromatic rings. The van der Waals surface area contributed by atoms with E-state index in [9.17, 15) is 9.90 Å². The van der Waals surface area contributed by atoms with Crippen molar-refractivity contribution in [2.75, 3.05) is 19.6 Å². The van der Waals surface area contributed by atoms with Crippen LogP contribution in [0.25, 0.3) is 0 Å². The normalized spacial score (nSPS) is 28.6. The minimum absolute atomic E-state index is 0.171. The molecular formula is C12H20N2O2. The maximum Gasteiger partial charge on any atom is 0.221 e. The smallest absolute Gasteiger partial charge is 0.221 e. The third-order valence-corrected chi connectivity index (χ3v) is 3.93. The number of nitrogens with zero attached hydrogens (tertiary/aromatic N) is 1. The number of nitrogens with one attached hydrogen (secondary N) is 1. The van der Waals surface area contributed by atoms with Gasteiger partial charge in [-0.3, -0.25) is 9.69 Å². The summed E-state index contributed by atoms with van der Waals surface area (Å²) in [4.78, 5) is 13.6. The molecule has 0 radical (unpaired) electrons. The van der Waals surface area contributed by atoms with Crippen LogP contribution < -0.4 is 5.32 Å². The predicted octanol–water partition coefficient (Wildman–Crippen LogP) is 0.112. The van der Waals surface area contributed by atoms with Gasteiger partial charge in [0, 0.05) is 32.1 Å². The zero-order chi connectivity index (χ0) is 11.2. The average Bonchev–Trinajstić information content (AvgIpc) is 2.99. The number of β-amino-alcohol motifs (C(OH)–C–C–N with tert-alkyl or cyclic N) is 1. The molecule has 0 unspecified atom stereocenters. The van der Waals surface area contributed by atoms with Crippen LogP contribution in [0.15, 0.2) is 0 Å². The Balaban J connectivity index is 1.33. The van der Waals surface area contributed by atoms with Crippen LogP contribution in [-0.4, -0.2) is 47.2 Å². The van der Waals surface area contributed by atoms with E-state index in [0.29, 0.717) is 18.4 Å². The molecule has 16 heavy (non-hydrogen) atoms. The van der Waals surface area contributed by atoms with Gasteiger partial charge in [0.25, 0.3) is 0 Å². The molecule has 1 saturated heterocycles. The van der Waals surface area contributed by atoms with Crippen molar-refractivity contribution in [3.05, 3.63) is 0 Å². The zero-order valence-electron chi connectivity index (χ0n) is 9.61. The molecule has 4 nitrogen and oxygen atoms in total. The molecule has 0 aromatic carbocycles. The highest BCUT2D eigenvalue weighted by Crippen LogP contribution is 2.44. The average molecular weight is 224 g/mol. The first-order valence-electron chi connectivity index (χ1n) is 6.40. The largest absolute Gasteiger partial charge is 0.387 e. The van der Waals surface area contributed by atoms with Crippen LogP contribution in [0, 0.1) is 5.92 Å². The fraction of sp³-hybridized carbons (Fsp3) is 0.917. The van der Waals surface area contributed by atoms with E-state index in [1.165, 1.54) is 12.8 Å². The SMILES string of the molecule is O=C(CCN1CC(O)(C2CC2)C1)NC1CC1. The van der Waals surface area contributed by atoms with Gasteiger partial charge < -0.3 is 10.4 Å². The Hall–Kier alpha value is -0.610. The van der Waals surface area contributed by atoms with Crippen molar-refractivity contribution in [1.29, 1.82) is 0 Å². The number of rotatable bonds is 5. The lowest BCUT2D eigenvalue weighted by molar-refractivity contribution is -0.128. The lowest BCUT2D eigenvalue weighted by Crippen LogP contribution is -2.63. The van der Waals surface area contributed by atoms with Gasteiger partial charge in [-0.05, 0) is 31.6 Å². The summed E-state index contributed by atoms with van der Waals surface area (Å²) in [5.74, 6) is 0.716. The molecule has 4 heteroatoms. The molecule has 90 valence electrons. The molecule has 0 atom stereocenters. The van der Waals surface area contributed by atoms with E-state index in [-0.39, 0.29) is 5.91 Å². The first-order chi connectivity index (χ1) is 7.66. The Bertz CT molecular complexity index is 291. The maximum atomic E-state index is 11.4. The van der Waals surface area contributed by atoms with Crippen LogP contribution in [0.5, 0.6) is 0 Å². The maximum absolute atomic E-state index is 11.4. The van der Waals surface area contributed by atoms with E-state index in [4.69, 9.17) is 0 Å². The van der Waals surface area contributed by atoms with E-state index >= 15 is 0 Å². The van der Waals surface area contributed by atoms with Crippen LogP contribution in [0.4, 0.5) is 0 Å². The van der Waals surface area contributed by atoms with Crippen molar-refractivity contribution in [2.24, 2.45) is 5.92 Å². The summed E-state index contributed by atoms with van der Waals surface area (Å²) in [6, 6.07) is 0.465. The van der Waals surface area contributed by atoms with E-state index in [2.05, 4.69) is 10.2 Å². The second-order valence-corrected chi connectivity index (χ2v) is 5.68. The third-order valence-electron chi connectivity index (χ3n) is 3.93. The molecule has 2 aliphatic carbocycles. The van der Waals surface area contributed by atoms with Gasteiger partial charge in [-0.25, -0.2) is 0 Å². The molecule has 3 rings (SSSR count). The van der Waals surface area contributed by atoms with E-state index < -0.39 is 5.60 Å². The number of amides is 1. The van der Waals surface area contributed by atoms with Gasteiger partial charge in [-0.1, -0.05) is 0 Å². The number of aliphatic hydroxyl groups is 1. The van der Waals surface area contributed by atoms with Crippen LogP contribution >= 0.6 is 0 Å². The van der Waals surface area contributed by atoms with Gasteiger partial charge in [0.15, 0.2) is 0 Å². The number of carbonyl (C=O) groups is 1. The summed E-state index contributed by atoms with van der Waals surface area (Å²) in [5.41, 5.74) is -0.410. The molecule has 0 aromatic heterocycles. The van der Waals surface area contributed by atoms with Crippen molar-refractivity contribution in [3.63, 3.8) is 0 Å². The number of hydrogen-bond acceptors (Lipinski definition) is 3. The quantitative estimate of drug-likeness (QED) is 0.697. The van der Waals surface area contributed by atoms with Crippen LogP contribution in [0.1, 0.15) is 32.1 Å². The highest BCUT2D eigenvalue weighted by Gasteiger charge is 2.51. The fourth-order valence-corrected chi connectivity index (χ4v) is 2.55. The highest BCUT2D eigenvalue weighted by molar-refractivity contribution is 5.76. The number of carbonyl (C=O) groups excluding carboxylic acids is 1. The van der Waals surface area contributed by atoms with E-state index in [0.717, 1.165) is 32.5 Å². The lowest BCUT2D eigenvalue weighted by atomic mass is 9.88. The Morgan fingerprint density at radius 3 is 2.56 bits per heavy atom. The molecule has 1 aliphatic heterocycles. The molecule has 2 N–H and O–H groups in total. The minimum Gasteiger partial charge on any atom is -0.387 e. The Kier molecular flexibility index (Phi) is 2.44. The van der Waals surface area contributed by atoms with Crippen molar-refractivity contribution in [2.45, 2.75) is 43.7 Å². The van der Waals surface area contributed by atoms with Gasteiger partial charge in [0.2, 0.25) is 5.91 Å². The molecule has 0 spiro atoms. The molecule has 2 saturated carbocycles. The summed E-state index contributed by atoms with van der Waals surface area (Å²) in [5, 5.41) is 13.1. The molecular weight excluding hydrogens is 204 g/mol. The standard InChI is InChI=1S/C12H20N2O2/c15-11(13-10-3-4-10)5-6-14-7-12(16,8-14)9-1-2-9/h9-10,16H,1-8H2,(H,13,15). The van der Waals surface area contributed by atoms with Crippen molar-refractivity contribution < 1.29 is 9.90 Å². The van der Waals surface area contributed by atoms with Crippen molar-refractivity contribution in [1.82, 2.24) is 10.2 Å². The predicted molar refractivity (Wildman–Crippen MR) is 59.9 cm³/mol. The summed E-state index contributed by atoms with van der Waals surface area (Å²) < 4.78 is 0. The summed E-state index contributed by atoms with van der Waals surface area (Å²) in [6.45, 7) is 2.34. The van der Waals surface area contributed by atoms with Crippen LogP contribution in [-0.2, 0) is 4.79 Å². The first-order valence-corrected chi connectivity index (χ1v) is 6.40. The second kappa shape index (κ2) is 3.70. The van der Waals surface area contributed by atoms with Gasteiger partial charge in [-0.2, -0.15) is 0 Å². The molecule has 3 fully saturated rings. The van der Waals surface area contributed by atoms with Crippen molar-refractivity contribution >= 4 is 5.91 Å². The fourth-order valence-electron chi connectivity index (χ4n) is 2.55. The first kappa shape index (κ1) is 10.5. The molecule has 1 amide bonds. The third kappa shape index (κ3) is 2.23. The van der Waals surface area contributed by atoms with Gasteiger partial charge in [0.05, 0.1) is 5.60 Å².